The summed E-state index contributed by atoms with van der Waals surface area (Å²) in [5.41, 5.74) is 7.18. The Kier molecular flexibility index (Phi) is 6.08. The molecule has 2 atom stereocenters. The first-order chi connectivity index (χ1) is 7.79. The van der Waals surface area contributed by atoms with Crippen molar-refractivity contribution < 1.29 is 9.47 Å². The third-order valence-corrected chi connectivity index (χ3v) is 2.38. The molecule has 1 rings (SSSR count). The third-order valence-electron chi connectivity index (χ3n) is 2.38. The van der Waals surface area contributed by atoms with Crippen LogP contribution in [0.25, 0.3) is 0 Å². The van der Waals surface area contributed by atoms with E-state index in [0.717, 1.165) is 5.56 Å². The zero-order valence-corrected chi connectivity index (χ0v) is 10.1. The molecule has 16 heavy (non-hydrogen) atoms. The van der Waals surface area contributed by atoms with Gasteiger partial charge in [0.25, 0.3) is 0 Å². The summed E-state index contributed by atoms with van der Waals surface area (Å²) in [5, 5.41) is 0. The highest BCUT2D eigenvalue weighted by atomic mass is 16.5. The fraction of sp³-hybridized carbons (Fsp3) is 0.538. The van der Waals surface area contributed by atoms with Crippen molar-refractivity contribution in [3.63, 3.8) is 0 Å². The summed E-state index contributed by atoms with van der Waals surface area (Å²) in [5.74, 6) is 0. The van der Waals surface area contributed by atoms with E-state index in [1.165, 1.54) is 0 Å². The summed E-state index contributed by atoms with van der Waals surface area (Å²) >= 11 is 0. The van der Waals surface area contributed by atoms with Crippen LogP contribution in [-0.2, 0) is 9.47 Å². The van der Waals surface area contributed by atoms with E-state index in [9.17, 15) is 0 Å². The molecule has 0 saturated carbocycles. The number of hydrogen-bond donors (Lipinski definition) is 1. The zero-order chi connectivity index (χ0) is 11.8. The molecule has 2 N–H and O–H groups in total. The molecule has 0 amide bonds. The average molecular weight is 223 g/mol. The van der Waals surface area contributed by atoms with E-state index in [4.69, 9.17) is 15.2 Å². The van der Waals surface area contributed by atoms with Crippen LogP contribution in [0.2, 0.25) is 0 Å². The lowest BCUT2D eigenvalue weighted by Crippen LogP contribution is -2.35. The fourth-order valence-corrected chi connectivity index (χ4v) is 1.63. The molecule has 1 aromatic carbocycles. The van der Waals surface area contributed by atoms with Crippen LogP contribution in [0.15, 0.2) is 30.3 Å². The quantitative estimate of drug-likeness (QED) is 0.770. The maximum atomic E-state index is 6.07. The standard InChI is InChI=1S/C13H21NO2/c1-3-15-10-12(14)13(16-4-2)11-8-6-5-7-9-11/h5-9,12-13H,3-4,10,14H2,1-2H3. The number of hydrogen-bond acceptors (Lipinski definition) is 3. The van der Waals surface area contributed by atoms with Gasteiger partial charge >= 0.3 is 0 Å². The molecule has 0 aliphatic carbocycles. The van der Waals surface area contributed by atoms with Crippen LogP contribution in [0, 0.1) is 0 Å². The minimum atomic E-state index is -0.123. The molecule has 0 radical (unpaired) electrons. The summed E-state index contributed by atoms with van der Waals surface area (Å²) in [4.78, 5) is 0. The lowest BCUT2D eigenvalue weighted by atomic mass is 10.0. The van der Waals surface area contributed by atoms with Gasteiger partial charge in [0.2, 0.25) is 0 Å². The summed E-state index contributed by atoms with van der Waals surface area (Å²) < 4.78 is 11.0. The fourth-order valence-electron chi connectivity index (χ4n) is 1.63. The molecule has 0 aliphatic heterocycles. The smallest absolute Gasteiger partial charge is 0.0998 e. The highest BCUT2D eigenvalue weighted by Crippen LogP contribution is 2.20. The Balaban J connectivity index is 2.66. The van der Waals surface area contributed by atoms with Crippen LogP contribution in [-0.4, -0.2) is 25.9 Å². The van der Waals surface area contributed by atoms with Crippen LogP contribution >= 0.6 is 0 Å². The van der Waals surface area contributed by atoms with Crippen molar-refractivity contribution in [3.05, 3.63) is 35.9 Å². The molecule has 0 spiro atoms. The minimum absolute atomic E-state index is 0.0854. The first-order valence-electron chi connectivity index (χ1n) is 5.79. The number of rotatable bonds is 7. The predicted molar refractivity (Wildman–Crippen MR) is 65.3 cm³/mol. The first-order valence-corrected chi connectivity index (χ1v) is 5.79. The van der Waals surface area contributed by atoms with Crippen molar-refractivity contribution >= 4 is 0 Å². The topological polar surface area (TPSA) is 44.5 Å². The van der Waals surface area contributed by atoms with Crippen molar-refractivity contribution in [1.82, 2.24) is 0 Å². The highest BCUT2D eigenvalue weighted by Gasteiger charge is 2.19. The molecular formula is C13H21NO2. The Bertz CT molecular complexity index is 277. The van der Waals surface area contributed by atoms with Gasteiger partial charge in [-0.2, -0.15) is 0 Å². The molecular weight excluding hydrogens is 202 g/mol. The van der Waals surface area contributed by atoms with Gasteiger partial charge in [-0.1, -0.05) is 30.3 Å². The van der Waals surface area contributed by atoms with Gasteiger partial charge < -0.3 is 15.2 Å². The van der Waals surface area contributed by atoms with Crippen molar-refractivity contribution in [3.8, 4) is 0 Å². The van der Waals surface area contributed by atoms with Crippen LogP contribution in [0.5, 0.6) is 0 Å². The molecule has 3 nitrogen and oxygen atoms in total. The zero-order valence-electron chi connectivity index (χ0n) is 10.1. The van der Waals surface area contributed by atoms with Gasteiger partial charge in [-0.05, 0) is 19.4 Å². The van der Waals surface area contributed by atoms with E-state index >= 15 is 0 Å². The van der Waals surface area contributed by atoms with Crippen LogP contribution in [0.3, 0.4) is 0 Å². The van der Waals surface area contributed by atoms with Gasteiger partial charge in [0.15, 0.2) is 0 Å². The second-order valence-corrected chi connectivity index (χ2v) is 3.61. The molecule has 0 aromatic heterocycles. The Morgan fingerprint density at radius 3 is 2.38 bits per heavy atom. The van der Waals surface area contributed by atoms with E-state index in [-0.39, 0.29) is 12.1 Å². The van der Waals surface area contributed by atoms with Gasteiger partial charge in [0, 0.05) is 13.2 Å². The number of ether oxygens (including phenoxy) is 2. The van der Waals surface area contributed by atoms with Gasteiger partial charge in [-0.15, -0.1) is 0 Å². The maximum Gasteiger partial charge on any atom is 0.0998 e. The second-order valence-electron chi connectivity index (χ2n) is 3.61. The first kappa shape index (κ1) is 13.2. The van der Waals surface area contributed by atoms with Crippen molar-refractivity contribution in [2.75, 3.05) is 19.8 Å². The van der Waals surface area contributed by atoms with Gasteiger partial charge in [0.1, 0.15) is 0 Å². The van der Waals surface area contributed by atoms with Crippen LogP contribution < -0.4 is 5.73 Å². The molecule has 0 saturated heterocycles. The normalized spacial score (nSPS) is 14.7. The molecule has 0 fully saturated rings. The lowest BCUT2D eigenvalue weighted by molar-refractivity contribution is 0.0127. The molecule has 0 bridgehead atoms. The molecule has 90 valence electrons. The Labute approximate surface area is 97.6 Å². The van der Waals surface area contributed by atoms with Gasteiger partial charge in [0.05, 0.1) is 18.8 Å². The number of nitrogens with two attached hydrogens (primary N) is 1. The predicted octanol–water partition coefficient (Wildman–Crippen LogP) is 2.13. The highest BCUT2D eigenvalue weighted by molar-refractivity contribution is 5.19. The molecule has 0 aliphatic rings. The second kappa shape index (κ2) is 7.39. The molecule has 1 aromatic rings. The molecule has 0 heterocycles. The monoisotopic (exact) mass is 223 g/mol. The average Bonchev–Trinajstić information content (AvgIpc) is 2.34. The number of benzene rings is 1. The van der Waals surface area contributed by atoms with Crippen LogP contribution in [0.4, 0.5) is 0 Å². The Hall–Kier alpha value is -0.900. The molecule has 3 heteroatoms. The van der Waals surface area contributed by atoms with E-state index in [2.05, 4.69) is 0 Å². The Morgan fingerprint density at radius 2 is 1.81 bits per heavy atom. The summed E-state index contributed by atoms with van der Waals surface area (Å²) in [6.45, 7) is 5.80. The van der Waals surface area contributed by atoms with Crippen molar-refractivity contribution in [2.24, 2.45) is 5.73 Å². The maximum absolute atomic E-state index is 6.07. The molecule has 2 unspecified atom stereocenters. The van der Waals surface area contributed by atoms with E-state index in [0.29, 0.717) is 19.8 Å². The van der Waals surface area contributed by atoms with Gasteiger partial charge in [-0.3, -0.25) is 0 Å². The largest absolute Gasteiger partial charge is 0.380 e. The lowest BCUT2D eigenvalue weighted by Gasteiger charge is -2.24. The van der Waals surface area contributed by atoms with Gasteiger partial charge in [-0.25, -0.2) is 0 Å². The van der Waals surface area contributed by atoms with Crippen molar-refractivity contribution in [2.45, 2.75) is 26.0 Å². The van der Waals surface area contributed by atoms with Crippen LogP contribution in [0.1, 0.15) is 25.5 Å². The summed E-state index contributed by atoms with van der Waals surface area (Å²) in [6.07, 6.45) is -0.0854. The van der Waals surface area contributed by atoms with E-state index in [1.54, 1.807) is 0 Å². The SMILES string of the molecule is CCOCC(N)C(OCC)c1ccccc1. The van der Waals surface area contributed by atoms with E-state index < -0.39 is 0 Å². The van der Waals surface area contributed by atoms with E-state index in [1.807, 2.05) is 44.2 Å². The summed E-state index contributed by atoms with van der Waals surface area (Å²) in [7, 11) is 0. The Morgan fingerprint density at radius 1 is 1.12 bits per heavy atom. The third kappa shape index (κ3) is 3.93. The minimum Gasteiger partial charge on any atom is -0.380 e. The van der Waals surface area contributed by atoms with Crippen molar-refractivity contribution in [1.29, 1.82) is 0 Å². The summed E-state index contributed by atoms with van der Waals surface area (Å²) in [6, 6.07) is 9.92.